The molecule has 4 rings (SSSR count). The highest BCUT2D eigenvalue weighted by Gasteiger charge is 2.32. The molecule has 1 aliphatic rings. The smallest absolute Gasteiger partial charge is 0.185 e. The molecule has 152 valence electrons. The molecule has 4 nitrogen and oxygen atoms in total. The third-order valence-corrected chi connectivity index (χ3v) is 9.12. The van der Waals surface area contributed by atoms with Gasteiger partial charge in [-0.15, -0.1) is 11.3 Å². The molecular formula is C20H17Cl3N2O2S2. The summed E-state index contributed by atoms with van der Waals surface area (Å²) >= 11 is 19.6. The van der Waals surface area contributed by atoms with Gasteiger partial charge in [-0.25, -0.2) is 13.4 Å². The van der Waals surface area contributed by atoms with Crippen molar-refractivity contribution >= 4 is 61.1 Å². The van der Waals surface area contributed by atoms with Crippen molar-refractivity contribution in [3.63, 3.8) is 0 Å². The third kappa shape index (κ3) is 4.42. The number of rotatable bonds is 4. The van der Waals surface area contributed by atoms with Crippen LogP contribution in [0.2, 0.25) is 15.1 Å². The molecule has 1 aliphatic heterocycles. The molecule has 9 heteroatoms. The van der Waals surface area contributed by atoms with Crippen LogP contribution in [-0.2, 0) is 9.84 Å². The molecule has 0 atom stereocenters. The van der Waals surface area contributed by atoms with Crippen LogP contribution in [-0.4, -0.2) is 31.7 Å². The number of sulfone groups is 1. The maximum absolute atomic E-state index is 12.9. The summed E-state index contributed by atoms with van der Waals surface area (Å²) in [4.78, 5) is 7.13. The quantitative estimate of drug-likeness (QED) is 0.439. The van der Waals surface area contributed by atoms with Gasteiger partial charge in [0.2, 0.25) is 0 Å². The molecule has 0 unspecified atom stereocenters. The second-order valence-electron chi connectivity index (χ2n) is 6.83. The van der Waals surface area contributed by atoms with Crippen molar-refractivity contribution < 1.29 is 8.42 Å². The van der Waals surface area contributed by atoms with Crippen molar-refractivity contribution in [2.75, 3.05) is 18.0 Å². The van der Waals surface area contributed by atoms with Crippen molar-refractivity contribution in [1.82, 2.24) is 4.98 Å². The highest BCUT2D eigenvalue weighted by Crippen LogP contribution is 2.34. The van der Waals surface area contributed by atoms with E-state index in [0.29, 0.717) is 45.9 Å². The van der Waals surface area contributed by atoms with Crippen LogP contribution in [0, 0.1) is 0 Å². The van der Waals surface area contributed by atoms with Gasteiger partial charge in [-0.1, -0.05) is 46.9 Å². The van der Waals surface area contributed by atoms with Crippen molar-refractivity contribution in [3.8, 4) is 11.3 Å². The highest BCUT2D eigenvalue weighted by atomic mass is 35.5. The molecule has 29 heavy (non-hydrogen) atoms. The van der Waals surface area contributed by atoms with Crippen LogP contribution in [0.25, 0.3) is 11.3 Å². The minimum atomic E-state index is -3.39. The van der Waals surface area contributed by atoms with Gasteiger partial charge < -0.3 is 4.90 Å². The highest BCUT2D eigenvalue weighted by molar-refractivity contribution is 7.92. The number of nitrogens with zero attached hydrogens (tertiary/aromatic N) is 2. The Balaban J connectivity index is 1.46. The summed E-state index contributed by atoms with van der Waals surface area (Å²) in [5, 5.41) is 3.88. The number of thiazole rings is 1. The van der Waals surface area contributed by atoms with Crippen LogP contribution in [0.1, 0.15) is 12.8 Å². The lowest BCUT2D eigenvalue weighted by atomic mass is 10.1. The number of benzene rings is 2. The van der Waals surface area contributed by atoms with E-state index in [2.05, 4.69) is 4.90 Å². The maximum Gasteiger partial charge on any atom is 0.185 e. The molecule has 1 aromatic heterocycles. The lowest BCUT2D eigenvalue weighted by Crippen LogP contribution is -2.39. The molecule has 1 saturated heterocycles. The van der Waals surface area contributed by atoms with E-state index in [1.807, 2.05) is 11.4 Å². The van der Waals surface area contributed by atoms with Crippen LogP contribution in [0.5, 0.6) is 0 Å². The summed E-state index contributed by atoms with van der Waals surface area (Å²) in [5.74, 6) is 0. The van der Waals surface area contributed by atoms with E-state index in [1.165, 1.54) is 17.4 Å². The molecule has 0 aliphatic carbocycles. The summed E-state index contributed by atoms with van der Waals surface area (Å²) in [5.41, 5.74) is 1.73. The van der Waals surface area contributed by atoms with E-state index in [4.69, 9.17) is 39.8 Å². The van der Waals surface area contributed by atoms with Gasteiger partial charge in [0.25, 0.3) is 0 Å². The summed E-state index contributed by atoms with van der Waals surface area (Å²) in [6.07, 6.45) is 1.10. The van der Waals surface area contributed by atoms with Gasteiger partial charge in [0.1, 0.15) is 0 Å². The van der Waals surface area contributed by atoms with E-state index >= 15 is 0 Å². The Morgan fingerprint density at radius 2 is 1.76 bits per heavy atom. The van der Waals surface area contributed by atoms with E-state index in [9.17, 15) is 8.42 Å². The zero-order valence-electron chi connectivity index (χ0n) is 15.2. The zero-order chi connectivity index (χ0) is 20.6. The Kier molecular flexibility index (Phi) is 6.09. The number of hydrogen-bond acceptors (Lipinski definition) is 5. The van der Waals surface area contributed by atoms with Gasteiger partial charge in [-0.3, -0.25) is 0 Å². The van der Waals surface area contributed by atoms with Crippen LogP contribution < -0.4 is 4.90 Å². The minimum Gasteiger partial charge on any atom is -0.348 e. The molecule has 0 radical (unpaired) electrons. The van der Waals surface area contributed by atoms with Crippen molar-refractivity contribution in [2.45, 2.75) is 23.0 Å². The molecule has 2 heterocycles. The third-order valence-electron chi connectivity index (χ3n) is 4.98. The summed E-state index contributed by atoms with van der Waals surface area (Å²) in [6, 6.07) is 11.9. The number of hydrogen-bond donors (Lipinski definition) is 0. The second kappa shape index (κ2) is 8.44. The summed E-state index contributed by atoms with van der Waals surface area (Å²) in [7, 11) is -3.39. The van der Waals surface area contributed by atoms with Crippen molar-refractivity contribution in [3.05, 3.63) is 62.9 Å². The Morgan fingerprint density at radius 1 is 1.00 bits per heavy atom. The normalized spacial score (nSPS) is 15.6. The van der Waals surface area contributed by atoms with Gasteiger partial charge >= 0.3 is 0 Å². The number of anilines is 1. The standard InChI is InChI=1S/C20H17Cl3N2O2S2/c21-14-2-1-3-16(11-14)29(26,27)15-6-8-25(9-7-15)20-24-19(12-28-20)13-4-5-17(22)18(23)10-13/h1-5,10-12,15H,6-9H2. The van der Waals surface area contributed by atoms with Gasteiger partial charge in [0.05, 0.1) is 25.9 Å². The predicted octanol–water partition coefficient (Wildman–Crippen LogP) is 6.21. The van der Waals surface area contributed by atoms with Crippen LogP contribution >= 0.6 is 46.1 Å². The Bertz CT molecular complexity index is 1140. The average molecular weight is 488 g/mol. The number of piperidine rings is 1. The van der Waals surface area contributed by atoms with E-state index in [0.717, 1.165) is 16.4 Å². The van der Waals surface area contributed by atoms with Crippen LogP contribution in [0.15, 0.2) is 52.7 Å². The maximum atomic E-state index is 12.9. The average Bonchev–Trinajstić information content (AvgIpc) is 3.20. The number of halogens is 3. The van der Waals surface area contributed by atoms with Gasteiger partial charge in [-0.05, 0) is 43.2 Å². The fraction of sp³-hybridized carbons (Fsp3) is 0.250. The van der Waals surface area contributed by atoms with Gasteiger partial charge in [0.15, 0.2) is 15.0 Å². The molecule has 0 amide bonds. The van der Waals surface area contributed by atoms with Crippen LogP contribution in [0.4, 0.5) is 5.13 Å². The largest absolute Gasteiger partial charge is 0.348 e. The number of aromatic nitrogens is 1. The fourth-order valence-corrected chi connectivity index (χ4v) is 6.61. The van der Waals surface area contributed by atoms with Crippen molar-refractivity contribution in [1.29, 1.82) is 0 Å². The lowest BCUT2D eigenvalue weighted by Gasteiger charge is -2.31. The van der Waals surface area contributed by atoms with Crippen LogP contribution in [0.3, 0.4) is 0 Å². The minimum absolute atomic E-state index is 0.291. The SMILES string of the molecule is O=S(=O)(c1cccc(Cl)c1)C1CCN(c2nc(-c3ccc(Cl)c(Cl)c3)cs2)CC1. The second-order valence-corrected chi connectivity index (χ2v) is 11.1. The first kappa shape index (κ1) is 20.9. The van der Waals surface area contributed by atoms with Crippen molar-refractivity contribution in [2.24, 2.45) is 0 Å². The Hall–Kier alpha value is -1.31. The van der Waals surface area contributed by atoms with E-state index < -0.39 is 15.1 Å². The Labute approximate surface area is 189 Å². The monoisotopic (exact) mass is 486 g/mol. The first-order valence-corrected chi connectivity index (χ1v) is 12.6. The molecular weight excluding hydrogens is 471 g/mol. The zero-order valence-corrected chi connectivity index (χ0v) is 19.1. The van der Waals surface area contributed by atoms with Gasteiger partial charge in [0, 0.05) is 29.1 Å². The predicted molar refractivity (Wildman–Crippen MR) is 121 cm³/mol. The van der Waals surface area contributed by atoms with E-state index in [-0.39, 0.29) is 0 Å². The lowest BCUT2D eigenvalue weighted by molar-refractivity contribution is 0.529. The molecule has 0 spiro atoms. The Morgan fingerprint density at radius 3 is 2.45 bits per heavy atom. The first-order chi connectivity index (χ1) is 13.8. The molecule has 1 fully saturated rings. The molecule has 2 aromatic carbocycles. The van der Waals surface area contributed by atoms with E-state index in [1.54, 1.807) is 30.3 Å². The van der Waals surface area contributed by atoms with Gasteiger partial charge in [-0.2, -0.15) is 0 Å². The topological polar surface area (TPSA) is 50.3 Å². The summed E-state index contributed by atoms with van der Waals surface area (Å²) in [6.45, 7) is 1.28. The molecule has 0 bridgehead atoms. The summed E-state index contributed by atoms with van der Waals surface area (Å²) < 4.78 is 25.8. The molecule has 0 N–H and O–H groups in total. The fourth-order valence-electron chi connectivity index (χ4n) is 3.39. The molecule has 3 aromatic rings. The first-order valence-electron chi connectivity index (χ1n) is 9.00. The molecule has 0 saturated carbocycles.